The molecule has 0 saturated carbocycles. The van der Waals surface area contributed by atoms with Crippen molar-refractivity contribution in [3.63, 3.8) is 0 Å². The Morgan fingerprint density at radius 1 is 0.359 bits per heavy atom. The highest BCUT2D eigenvalue weighted by Gasteiger charge is 2.20. The number of carbonyl (C=O) groups is 1. The predicted molar refractivity (Wildman–Crippen MR) is 286 cm³/mol. The van der Waals surface area contributed by atoms with Crippen LogP contribution >= 0.6 is 0 Å². The lowest BCUT2D eigenvalue weighted by Crippen LogP contribution is -2.45. The second-order valence-corrected chi connectivity index (χ2v) is 20.8. The van der Waals surface area contributed by atoms with Crippen LogP contribution in [-0.2, 0) is 4.79 Å². The van der Waals surface area contributed by atoms with Gasteiger partial charge in [-0.3, -0.25) is 4.79 Å². The Bertz CT molecular complexity index is 890. The van der Waals surface area contributed by atoms with E-state index >= 15 is 0 Å². The summed E-state index contributed by atoms with van der Waals surface area (Å²) >= 11 is 0. The van der Waals surface area contributed by atoms with Crippen LogP contribution in [0.4, 0.5) is 0 Å². The number of aliphatic hydroxyl groups excluding tert-OH is 2. The fourth-order valence-corrected chi connectivity index (χ4v) is 9.71. The average Bonchev–Trinajstić information content (AvgIpc) is 3.30. The molecule has 382 valence electrons. The predicted octanol–water partition coefficient (Wildman–Crippen LogP) is 19.7. The van der Waals surface area contributed by atoms with Gasteiger partial charge in [0.2, 0.25) is 5.91 Å². The smallest absolute Gasteiger partial charge is 0.220 e. The molecule has 0 aliphatic carbocycles. The van der Waals surface area contributed by atoms with Gasteiger partial charge in [0.05, 0.1) is 18.8 Å². The molecule has 0 saturated heterocycles. The number of unbranched alkanes of at least 4 members (excludes halogenated alkanes) is 47. The number of allylic oxidation sites excluding steroid dienone is 2. The molecule has 0 aromatic heterocycles. The molecule has 0 aromatic rings. The molecule has 0 aliphatic heterocycles. The molecular weight excluding hydrogens is 783 g/mol. The van der Waals surface area contributed by atoms with Gasteiger partial charge in [-0.15, -0.1) is 0 Å². The van der Waals surface area contributed by atoms with Crippen LogP contribution in [0.1, 0.15) is 348 Å². The van der Waals surface area contributed by atoms with Crippen molar-refractivity contribution in [2.75, 3.05) is 6.61 Å². The molecule has 2 unspecified atom stereocenters. The summed E-state index contributed by atoms with van der Waals surface area (Å²) in [6.07, 6.45) is 73.6. The van der Waals surface area contributed by atoms with Crippen LogP contribution in [0.2, 0.25) is 0 Å². The lowest BCUT2D eigenvalue weighted by atomic mass is 10.0. The molecule has 0 fully saturated rings. The number of aliphatic hydroxyl groups is 2. The minimum absolute atomic E-state index is 0.0228. The van der Waals surface area contributed by atoms with Gasteiger partial charge in [-0.2, -0.15) is 0 Å². The summed E-state index contributed by atoms with van der Waals surface area (Å²) < 4.78 is 0. The zero-order chi connectivity index (χ0) is 46.3. The van der Waals surface area contributed by atoms with E-state index in [1.807, 2.05) is 0 Å². The van der Waals surface area contributed by atoms with Crippen molar-refractivity contribution in [3.8, 4) is 0 Å². The fraction of sp³-hybridized carbons (Fsp3) is 0.950. The summed E-state index contributed by atoms with van der Waals surface area (Å²) in [5.74, 6) is -0.0228. The summed E-state index contributed by atoms with van der Waals surface area (Å²) in [7, 11) is 0. The van der Waals surface area contributed by atoms with E-state index in [4.69, 9.17) is 0 Å². The van der Waals surface area contributed by atoms with Gasteiger partial charge in [0, 0.05) is 6.42 Å². The lowest BCUT2D eigenvalue weighted by molar-refractivity contribution is -0.123. The summed E-state index contributed by atoms with van der Waals surface area (Å²) in [4.78, 5) is 12.5. The number of carbonyl (C=O) groups excluding carboxylic acids is 1. The van der Waals surface area contributed by atoms with Crippen molar-refractivity contribution in [3.05, 3.63) is 12.2 Å². The minimum atomic E-state index is -0.656. The summed E-state index contributed by atoms with van der Waals surface area (Å²) in [6.45, 7) is 4.40. The van der Waals surface area contributed by atoms with Crippen LogP contribution in [0.15, 0.2) is 12.2 Å². The molecule has 0 rings (SSSR count). The quantitative estimate of drug-likeness (QED) is 0.0421. The largest absolute Gasteiger partial charge is 0.394 e. The first-order valence-corrected chi connectivity index (χ1v) is 29.9. The minimum Gasteiger partial charge on any atom is -0.394 e. The third kappa shape index (κ3) is 52.1. The van der Waals surface area contributed by atoms with Gasteiger partial charge in [0.1, 0.15) is 0 Å². The van der Waals surface area contributed by atoms with Crippen molar-refractivity contribution in [1.29, 1.82) is 0 Å². The van der Waals surface area contributed by atoms with Crippen LogP contribution in [0.5, 0.6) is 0 Å². The summed E-state index contributed by atoms with van der Waals surface area (Å²) in [6, 6.07) is -0.533. The molecule has 2 atom stereocenters. The normalized spacial score (nSPS) is 12.8. The van der Waals surface area contributed by atoms with Gasteiger partial charge in [0.25, 0.3) is 0 Å². The van der Waals surface area contributed by atoms with Gasteiger partial charge in [-0.05, 0) is 38.5 Å². The molecule has 0 bridgehead atoms. The fourth-order valence-electron chi connectivity index (χ4n) is 9.71. The molecule has 0 heterocycles. The Kier molecular flexibility index (Phi) is 55.7. The zero-order valence-corrected chi connectivity index (χ0v) is 44.1. The molecule has 0 spiro atoms. The number of hydrogen-bond acceptors (Lipinski definition) is 3. The Morgan fingerprint density at radius 2 is 0.594 bits per heavy atom. The first-order chi connectivity index (χ1) is 31.7. The molecule has 3 N–H and O–H groups in total. The maximum absolute atomic E-state index is 12.5. The Morgan fingerprint density at radius 3 is 0.859 bits per heavy atom. The summed E-state index contributed by atoms with van der Waals surface area (Å²) in [5.41, 5.74) is 0. The van der Waals surface area contributed by atoms with E-state index in [-0.39, 0.29) is 12.5 Å². The Hall–Kier alpha value is -0.870. The molecule has 64 heavy (non-hydrogen) atoms. The van der Waals surface area contributed by atoms with Gasteiger partial charge in [0.15, 0.2) is 0 Å². The standard InChI is InChI=1S/C60H119NO3/c1-3-5-7-9-11-13-15-17-19-21-23-25-26-27-28-29-30-31-32-33-34-36-38-40-42-44-46-48-50-52-54-56-60(64)61-58(57-62)59(63)55-53-51-49-47-45-43-41-39-37-35-24-22-20-18-16-14-12-10-8-6-4-2/h21,23,58-59,62-63H,3-20,22,24-57H2,1-2H3,(H,61,64)/b23-21-. The molecule has 1 amide bonds. The lowest BCUT2D eigenvalue weighted by Gasteiger charge is -2.22. The highest BCUT2D eigenvalue weighted by Crippen LogP contribution is 2.18. The van der Waals surface area contributed by atoms with Crippen molar-refractivity contribution >= 4 is 5.91 Å². The van der Waals surface area contributed by atoms with Gasteiger partial charge < -0.3 is 15.5 Å². The van der Waals surface area contributed by atoms with Gasteiger partial charge in [-0.25, -0.2) is 0 Å². The van der Waals surface area contributed by atoms with E-state index in [1.165, 1.54) is 295 Å². The number of amides is 1. The van der Waals surface area contributed by atoms with E-state index < -0.39 is 12.1 Å². The maximum atomic E-state index is 12.5. The second-order valence-electron chi connectivity index (χ2n) is 20.8. The van der Waals surface area contributed by atoms with Gasteiger partial charge in [-0.1, -0.05) is 315 Å². The van der Waals surface area contributed by atoms with Crippen molar-refractivity contribution < 1.29 is 15.0 Å². The molecule has 0 aliphatic rings. The molecule has 4 nitrogen and oxygen atoms in total. The van der Waals surface area contributed by atoms with E-state index in [1.54, 1.807) is 0 Å². The zero-order valence-electron chi connectivity index (χ0n) is 44.1. The molecule has 0 radical (unpaired) electrons. The van der Waals surface area contributed by atoms with E-state index in [9.17, 15) is 15.0 Å². The van der Waals surface area contributed by atoms with Crippen molar-refractivity contribution in [2.45, 2.75) is 360 Å². The monoisotopic (exact) mass is 902 g/mol. The van der Waals surface area contributed by atoms with Crippen molar-refractivity contribution in [2.24, 2.45) is 0 Å². The van der Waals surface area contributed by atoms with Crippen LogP contribution in [-0.4, -0.2) is 34.9 Å². The Labute approximate surface area is 403 Å². The molecular formula is C60H119NO3. The number of hydrogen-bond donors (Lipinski definition) is 3. The number of nitrogens with one attached hydrogen (secondary N) is 1. The van der Waals surface area contributed by atoms with Crippen LogP contribution in [0.25, 0.3) is 0 Å². The number of rotatable bonds is 56. The van der Waals surface area contributed by atoms with Gasteiger partial charge >= 0.3 is 0 Å². The summed E-state index contributed by atoms with van der Waals surface area (Å²) in [5, 5.41) is 23.4. The molecule has 0 aromatic carbocycles. The van der Waals surface area contributed by atoms with E-state index in [0.717, 1.165) is 25.7 Å². The third-order valence-electron chi connectivity index (χ3n) is 14.3. The van der Waals surface area contributed by atoms with Crippen LogP contribution < -0.4 is 5.32 Å². The highest BCUT2D eigenvalue weighted by molar-refractivity contribution is 5.76. The third-order valence-corrected chi connectivity index (χ3v) is 14.3. The van der Waals surface area contributed by atoms with E-state index in [2.05, 4.69) is 31.3 Å². The average molecular weight is 903 g/mol. The molecule has 4 heteroatoms. The topological polar surface area (TPSA) is 69.6 Å². The van der Waals surface area contributed by atoms with Crippen LogP contribution in [0.3, 0.4) is 0 Å². The first-order valence-electron chi connectivity index (χ1n) is 29.9. The van der Waals surface area contributed by atoms with Crippen molar-refractivity contribution in [1.82, 2.24) is 5.32 Å². The SMILES string of the molecule is CCCCCCCCCC/C=C\CCCCCCCCCCCCCCCCCCCCCC(=O)NC(CO)C(O)CCCCCCCCCCCCCCCCCCCCCCC. The first kappa shape index (κ1) is 63.1. The highest BCUT2D eigenvalue weighted by atomic mass is 16.3. The second kappa shape index (κ2) is 56.5. The Balaban J connectivity index is 3.39. The maximum Gasteiger partial charge on any atom is 0.220 e. The van der Waals surface area contributed by atoms with Crippen LogP contribution in [0, 0.1) is 0 Å². The van der Waals surface area contributed by atoms with E-state index in [0.29, 0.717) is 12.8 Å².